The lowest BCUT2D eigenvalue weighted by atomic mass is 9.85. The van der Waals surface area contributed by atoms with Gasteiger partial charge >= 0.3 is 0 Å². The Morgan fingerprint density at radius 3 is 2.55 bits per heavy atom. The zero-order chi connectivity index (χ0) is 23.4. The fourth-order valence-corrected chi connectivity index (χ4v) is 5.40. The van der Waals surface area contributed by atoms with E-state index in [1.54, 1.807) is 0 Å². The number of carbonyl (C=O) groups excluding carboxylic acids is 1. The van der Waals surface area contributed by atoms with Gasteiger partial charge in [0.1, 0.15) is 18.0 Å². The number of benzodiazepines with no additional fused rings is 1. The average molecular weight is 455 g/mol. The Labute approximate surface area is 199 Å². The van der Waals surface area contributed by atoms with Crippen LogP contribution in [0, 0.1) is 11.8 Å². The molecule has 3 aliphatic rings. The smallest absolute Gasteiger partial charge is 0.166 e. The third-order valence-electron chi connectivity index (χ3n) is 7.72. The SMILES string of the molecule is CCCCC(O)C(CC1CC1)C(=O)C1N=C(N2CCCCCC2)c2ccccc2N(C)C1N. The summed E-state index contributed by atoms with van der Waals surface area (Å²) in [5.41, 5.74) is 8.82. The minimum Gasteiger partial charge on any atom is -0.392 e. The molecule has 0 radical (unpaired) electrons. The molecule has 1 aliphatic carbocycles. The number of Topliss-reactive ketones (excluding diaryl/α,β-unsaturated/α-hetero) is 1. The first-order valence-corrected chi connectivity index (χ1v) is 13.1. The highest BCUT2D eigenvalue weighted by Gasteiger charge is 2.41. The maximum Gasteiger partial charge on any atom is 0.166 e. The summed E-state index contributed by atoms with van der Waals surface area (Å²) >= 11 is 0. The van der Waals surface area contributed by atoms with Gasteiger partial charge in [-0.3, -0.25) is 9.79 Å². The zero-order valence-electron chi connectivity index (χ0n) is 20.5. The van der Waals surface area contributed by atoms with Crippen molar-refractivity contribution in [2.75, 3.05) is 25.0 Å². The third-order valence-corrected chi connectivity index (χ3v) is 7.72. The van der Waals surface area contributed by atoms with E-state index in [0.29, 0.717) is 12.3 Å². The van der Waals surface area contributed by atoms with Crippen LogP contribution in [0.5, 0.6) is 0 Å². The van der Waals surface area contributed by atoms with Crippen LogP contribution in [-0.4, -0.2) is 60.1 Å². The number of rotatable bonds is 8. The molecular formula is C27H42N4O2. The summed E-state index contributed by atoms with van der Waals surface area (Å²) < 4.78 is 0. The van der Waals surface area contributed by atoms with Crippen molar-refractivity contribution < 1.29 is 9.90 Å². The average Bonchev–Trinajstić information content (AvgIpc) is 3.68. The molecule has 1 aromatic carbocycles. The summed E-state index contributed by atoms with van der Waals surface area (Å²) in [6, 6.07) is 7.56. The number of unbranched alkanes of at least 4 members (excludes halogenated alkanes) is 1. The van der Waals surface area contributed by atoms with E-state index in [2.05, 4.69) is 24.0 Å². The van der Waals surface area contributed by atoms with Crippen molar-refractivity contribution >= 4 is 17.3 Å². The van der Waals surface area contributed by atoms with Gasteiger partial charge in [-0.25, -0.2) is 0 Å². The van der Waals surface area contributed by atoms with Crippen molar-refractivity contribution in [1.82, 2.24) is 4.90 Å². The largest absolute Gasteiger partial charge is 0.392 e. The van der Waals surface area contributed by atoms with Gasteiger partial charge in [-0.2, -0.15) is 0 Å². The number of aliphatic hydroxyl groups is 1. The number of ketones is 1. The predicted octanol–water partition coefficient (Wildman–Crippen LogP) is 3.95. The second-order valence-corrected chi connectivity index (χ2v) is 10.3. The first-order valence-electron chi connectivity index (χ1n) is 13.1. The van der Waals surface area contributed by atoms with Crippen molar-refractivity contribution in [2.24, 2.45) is 22.6 Å². The number of likely N-dealkylation sites (N-methyl/N-ethyl adjacent to an activating group) is 1. The first kappa shape index (κ1) is 24.2. The van der Waals surface area contributed by atoms with E-state index in [1.165, 1.54) is 12.8 Å². The molecule has 4 atom stereocenters. The highest BCUT2D eigenvalue weighted by molar-refractivity contribution is 6.06. The predicted molar refractivity (Wildman–Crippen MR) is 135 cm³/mol. The van der Waals surface area contributed by atoms with Crippen molar-refractivity contribution in [3.05, 3.63) is 29.8 Å². The molecule has 3 N–H and O–H groups in total. The Hall–Kier alpha value is -1.92. The molecule has 2 heterocycles. The van der Waals surface area contributed by atoms with Crippen LogP contribution in [0.4, 0.5) is 5.69 Å². The third kappa shape index (κ3) is 5.60. The molecule has 1 saturated heterocycles. The molecule has 1 saturated carbocycles. The van der Waals surface area contributed by atoms with Crippen LogP contribution in [0.25, 0.3) is 0 Å². The molecule has 4 rings (SSSR count). The van der Waals surface area contributed by atoms with E-state index < -0.39 is 18.3 Å². The summed E-state index contributed by atoms with van der Waals surface area (Å²) in [5, 5.41) is 11.0. The molecule has 2 fully saturated rings. The monoisotopic (exact) mass is 454 g/mol. The number of hydrogen-bond acceptors (Lipinski definition) is 6. The maximum atomic E-state index is 14.0. The number of benzene rings is 1. The number of aliphatic hydroxyl groups excluding tert-OH is 1. The number of para-hydroxylation sites is 1. The van der Waals surface area contributed by atoms with Gasteiger partial charge in [-0.1, -0.05) is 57.6 Å². The molecule has 2 aliphatic heterocycles. The van der Waals surface area contributed by atoms with Crippen LogP contribution in [-0.2, 0) is 4.79 Å². The quantitative estimate of drug-likeness (QED) is 0.622. The highest BCUT2D eigenvalue weighted by Crippen LogP contribution is 2.38. The molecule has 1 aromatic rings. The Bertz CT molecular complexity index is 829. The van der Waals surface area contributed by atoms with E-state index >= 15 is 0 Å². The zero-order valence-corrected chi connectivity index (χ0v) is 20.5. The van der Waals surface area contributed by atoms with Gasteiger partial charge in [0.15, 0.2) is 5.78 Å². The summed E-state index contributed by atoms with van der Waals surface area (Å²) in [4.78, 5) is 23.5. The first-order chi connectivity index (χ1) is 16.0. The number of anilines is 1. The van der Waals surface area contributed by atoms with E-state index in [1.807, 2.05) is 24.1 Å². The number of nitrogens with zero attached hydrogens (tertiary/aromatic N) is 3. The maximum absolute atomic E-state index is 14.0. The molecule has 4 unspecified atom stereocenters. The summed E-state index contributed by atoms with van der Waals surface area (Å²) in [6.07, 6.45) is 9.28. The summed E-state index contributed by atoms with van der Waals surface area (Å²) in [6.45, 7) is 4.03. The van der Waals surface area contributed by atoms with Crippen molar-refractivity contribution in [3.63, 3.8) is 0 Å². The standard InChI is InChI=1S/C27H42N4O2/c1-3-4-13-23(32)21(18-19-14-15-19)25(33)24-26(28)30(2)22-12-8-7-11-20(22)27(29-24)31-16-9-5-6-10-17-31/h7-8,11-12,19,21,23-24,26,32H,3-6,9-10,13-18,28H2,1-2H3. The number of carbonyl (C=O) groups is 1. The van der Waals surface area contributed by atoms with Gasteiger partial charge in [0.2, 0.25) is 0 Å². The summed E-state index contributed by atoms with van der Waals surface area (Å²) in [5.74, 6) is 1.09. The molecule has 33 heavy (non-hydrogen) atoms. The number of amidine groups is 1. The fraction of sp³-hybridized carbons (Fsp3) is 0.704. The topological polar surface area (TPSA) is 82.2 Å². The molecule has 0 aromatic heterocycles. The van der Waals surface area contributed by atoms with Crippen molar-refractivity contribution in [2.45, 2.75) is 89.4 Å². The van der Waals surface area contributed by atoms with Crippen molar-refractivity contribution in [1.29, 1.82) is 0 Å². The Kier molecular flexibility index (Phi) is 8.07. The molecular weight excluding hydrogens is 412 g/mol. The van der Waals surface area contributed by atoms with Gasteiger partial charge in [0.05, 0.1) is 6.10 Å². The van der Waals surface area contributed by atoms with Crippen molar-refractivity contribution in [3.8, 4) is 0 Å². The van der Waals surface area contributed by atoms with Crippen LogP contribution >= 0.6 is 0 Å². The number of fused-ring (bicyclic) bond motifs is 1. The number of nitrogens with two attached hydrogens (primary N) is 1. The molecule has 182 valence electrons. The lowest BCUT2D eigenvalue weighted by Crippen LogP contribution is -2.53. The molecule has 0 amide bonds. The van der Waals surface area contributed by atoms with Crippen LogP contribution in [0.1, 0.15) is 76.7 Å². The Balaban J connectivity index is 1.70. The normalized spacial score (nSPS) is 25.5. The number of hydrogen-bond donors (Lipinski definition) is 2. The Morgan fingerprint density at radius 2 is 1.88 bits per heavy atom. The Morgan fingerprint density at radius 1 is 1.18 bits per heavy atom. The van der Waals surface area contributed by atoms with Crippen LogP contribution in [0.15, 0.2) is 29.3 Å². The molecule has 0 bridgehead atoms. The van der Waals surface area contributed by atoms with E-state index in [0.717, 1.165) is 75.1 Å². The van der Waals surface area contributed by atoms with Gasteiger partial charge in [0.25, 0.3) is 0 Å². The molecule has 6 heteroatoms. The lowest BCUT2D eigenvalue weighted by Gasteiger charge is -2.32. The van der Waals surface area contributed by atoms with Gasteiger partial charge in [0, 0.05) is 37.3 Å². The van der Waals surface area contributed by atoms with Gasteiger partial charge in [-0.05, 0) is 43.7 Å². The van der Waals surface area contributed by atoms with Gasteiger partial charge in [-0.15, -0.1) is 0 Å². The van der Waals surface area contributed by atoms with Gasteiger partial charge < -0.3 is 20.6 Å². The fourth-order valence-electron chi connectivity index (χ4n) is 5.40. The van der Waals surface area contributed by atoms with Crippen LogP contribution in [0.2, 0.25) is 0 Å². The van der Waals surface area contributed by atoms with E-state index in [9.17, 15) is 9.90 Å². The number of likely N-dealkylation sites (tertiary alicyclic amines) is 1. The second kappa shape index (κ2) is 11.0. The van der Waals surface area contributed by atoms with Crippen LogP contribution < -0.4 is 10.6 Å². The minimum atomic E-state index is -0.680. The highest BCUT2D eigenvalue weighted by atomic mass is 16.3. The van der Waals surface area contributed by atoms with E-state index in [4.69, 9.17) is 10.7 Å². The number of aliphatic imine (C=N–C) groups is 1. The van der Waals surface area contributed by atoms with Crippen LogP contribution in [0.3, 0.4) is 0 Å². The molecule has 0 spiro atoms. The van der Waals surface area contributed by atoms with E-state index in [-0.39, 0.29) is 11.7 Å². The second-order valence-electron chi connectivity index (χ2n) is 10.3. The summed E-state index contributed by atoms with van der Waals surface area (Å²) in [7, 11) is 1.97. The lowest BCUT2D eigenvalue weighted by molar-refractivity contribution is -0.128. The minimum absolute atomic E-state index is 0.0185. The molecule has 6 nitrogen and oxygen atoms in total.